The molecule has 4 amide bonds. The lowest BCUT2D eigenvalue weighted by atomic mass is 9.81. The van der Waals surface area contributed by atoms with E-state index in [1.54, 1.807) is 35.0 Å². The van der Waals surface area contributed by atoms with Gasteiger partial charge in [0.15, 0.2) is 11.4 Å². The highest BCUT2D eigenvalue weighted by molar-refractivity contribution is 6.10. The summed E-state index contributed by atoms with van der Waals surface area (Å²) in [7, 11) is 3.94. The van der Waals surface area contributed by atoms with Crippen LogP contribution >= 0.6 is 0 Å². The number of likely N-dealkylation sites (N-methyl/N-ethyl adjacent to an activating group) is 2. The van der Waals surface area contributed by atoms with E-state index < -0.39 is 29.9 Å². The zero-order valence-corrected chi connectivity index (χ0v) is 34.5. The number of anilines is 3. The SMILES string of the molecule is CN1C(=O)C(C2CCC(=O)NC2=O)c2cccc(CCN3CC(N(C)CC4CCC(n5cc(NC(=O)c6coc(-c7ccnc(NCC8CC8)c7)n6)c(C(F)F)n5)CC4)C3)c21. The number of oxazole rings is 1. The average molecular weight is 839 g/mol. The summed E-state index contributed by atoms with van der Waals surface area (Å²) in [6.07, 6.45) is 8.79. The van der Waals surface area contributed by atoms with Crippen molar-refractivity contribution in [1.82, 2.24) is 34.9 Å². The zero-order chi connectivity index (χ0) is 42.4. The fourth-order valence-corrected chi connectivity index (χ4v) is 9.55. The van der Waals surface area contributed by atoms with Crippen molar-refractivity contribution in [2.24, 2.45) is 17.8 Å². The number of carbonyl (C=O) groups excluding carboxylic acids is 4. The molecule has 2 saturated carbocycles. The van der Waals surface area contributed by atoms with Gasteiger partial charge in [-0.1, -0.05) is 18.2 Å². The summed E-state index contributed by atoms with van der Waals surface area (Å²) in [6, 6.07) is 9.88. The molecule has 2 aliphatic carbocycles. The van der Waals surface area contributed by atoms with Crippen LogP contribution in [0.25, 0.3) is 11.5 Å². The van der Waals surface area contributed by atoms with Crippen molar-refractivity contribution in [3.05, 3.63) is 71.5 Å². The normalized spacial score (nSPS) is 23.4. The number of piperidine rings is 1. The maximum atomic E-state index is 14.2. The second-order valence-electron chi connectivity index (χ2n) is 17.5. The van der Waals surface area contributed by atoms with E-state index in [9.17, 15) is 28.0 Å². The number of pyridine rings is 1. The number of nitrogens with zero attached hydrogens (tertiary/aromatic N) is 7. The number of imide groups is 1. The van der Waals surface area contributed by atoms with Gasteiger partial charge in [-0.25, -0.2) is 18.7 Å². The number of likely N-dealkylation sites (tertiary alicyclic amines) is 1. The van der Waals surface area contributed by atoms with E-state index in [1.165, 1.54) is 25.3 Å². The predicted octanol–water partition coefficient (Wildman–Crippen LogP) is 5.65. The number of hydrogen-bond acceptors (Lipinski definition) is 11. The van der Waals surface area contributed by atoms with Crippen molar-refractivity contribution in [2.75, 3.05) is 62.4 Å². The molecule has 2 atom stereocenters. The fraction of sp³-hybridized carbons (Fsp3) is 0.523. The summed E-state index contributed by atoms with van der Waals surface area (Å²) in [4.78, 5) is 66.2. The van der Waals surface area contributed by atoms with E-state index in [2.05, 4.69) is 53.9 Å². The van der Waals surface area contributed by atoms with Gasteiger partial charge in [0.2, 0.25) is 23.6 Å². The van der Waals surface area contributed by atoms with Crippen LogP contribution in [0.15, 0.2) is 53.4 Å². The predicted molar refractivity (Wildman–Crippen MR) is 222 cm³/mol. The quantitative estimate of drug-likeness (QED) is 0.127. The Labute approximate surface area is 352 Å². The number of para-hydroxylation sites is 1. The van der Waals surface area contributed by atoms with Crippen LogP contribution in [-0.2, 0) is 20.8 Å². The van der Waals surface area contributed by atoms with Crippen LogP contribution < -0.4 is 20.9 Å². The number of hydrogen-bond donors (Lipinski definition) is 3. The van der Waals surface area contributed by atoms with Crippen LogP contribution in [0.1, 0.15) is 97.1 Å². The van der Waals surface area contributed by atoms with Crippen molar-refractivity contribution >= 4 is 40.8 Å². The molecule has 3 aromatic heterocycles. The van der Waals surface area contributed by atoms with Crippen molar-refractivity contribution in [2.45, 2.75) is 82.2 Å². The van der Waals surface area contributed by atoms with Gasteiger partial charge in [-0.05, 0) is 93.5 Å². The largest absolute Gasteiger partial charge is 0.444 e. The molecule has 322 valence electrons. The molecule has 0 radical (unpaired) electrons. The molecule has 3 aliphatic heterocycles. The smallest absolute Gasteiger partial charge is 0.284 e. The van der Waals surface area contributed by atoms with Crippen LogP contribution in [-0.4, -0.2) is 106 Å². The van der Waals surface area contributed by atoms with Crippen LogP contribution in [0.4, 0.5) is 26.0 Å². The Morgan fingerprint density at radius 2 is 1.84 bits per heavy atom. The van der Waals surface area contributed by atoms with Crippen molar-refractivity contribution < 1.29 is 32.4 Å². The van der Waals surface area contributed by atoms with Gasteiger partial charge >= 0.3 is 0 Å². The minimum atomic E-state index is -2.87. The Kier molecular flexibility index (Phi) is 11.4. The maximum Gasteiger partial charge on any atom is 0.284 e. The van der Waals surface area contributed by atoms with Crippen molar-refractivity contribution in [3.8, 4) is 11.5 Å². The van der Waals surface area contributed by atoms with E-state index in [4.69, 9.17) is 4.42 Å². The molecule has 0 bridgehead atoms. The van der Waals surface area contributed by atoms with Gasteiger partial charge in [0.25, 0.3) is 12.3 Å². The molecule has 15 nitrogen and oxygen atoms in total. The Hall–Kier alpha value is -5.55. The highest BCUT2D eigenvalue weighted by atomic mass is 19.3. The third-order valence-corrected chi connectivity index (χ3v) is 13.3. The first-order valence-corrected chi connectivity index (χ1v) is 21.5. The summed E-state index contributed by atoms with van der Waals surface area (Å²) >= 11 is 0. The lowest BCUT2D eigenvalue weighted by Crippen LogP contribution is -2.59. The van der Waals surface area contributed by atoms with Gasteiger partial charge in [-0.15, -0.1) is 0 Å². The number of rotatable bonds is 15. The van der Waals surface area contributed by atoms with Gasteiger partial charge in [-0.3, -0.25) is 34.1 Å². The first kappa shape index (κ1) is 40.8. The molecule has 3 N–H and O–H groups in total. The van der Waals surface area contributed by atoms with Gasteiger partial charge in [0, 0.05) is 70.2 Å². The zero-order valence-electron chi connectivity index (χ0n) is 34.5. The standard InChI is InChI=1S/C44H52F2N10O5/c1-53(30-21-55(22-30)17-15-27-4-3-5-31-37(44(60)54(2)39(27)31)32-12-13-36(57)51-41(32)58)20-26-8-10-29(11-9-26)56-23-33(38(52-56)40(45)46)49-42(59)34-24-61-43(50-34)28-14-16-47-35(18-28)48-19-25-6-7-25/h3-5,14,16,18,23-26,29-30,32,37,40H,6-13,15,17,19-22H2,1-2H3,(H,47,48)(H,49,59)(H,51,57,58). The van der Waals surface area contributed by atoms with E-state index in [0.717, 1.165) is 81.6 Å². The number of carbonyl (C=O) groups is 4. The fourth-order valence-electron chi connectivity index (χ4n) is 9.55. The third-order valence-electron chi connectivity index (χ3n) is 13.3. The van der Waals surface area contributed by atoms with E-state index in [-0.39, 0.29) is 47.5 Å². The highest BCUT2D eigenvalue weighted by Gasteiger charge is 2.46. The highest BCUT2D eigenvalue weighted by Crippen LogP contribution is 2.45. The van der Waals surface area contributed by atoms with Gasteiger partial charge < -0.3 is 24.9 Å². The molecule has 4 fully saturated rings. The molecule has 17 heteroatoms. The van der Waals surface area contributed by atoms with Gasteiger partial charge in [0.1, 0.15) is 12.1 Å². The number of fused-ring (bicyclic) bond motifs is 1. The molecule has 2 unspecified atom stereocenters. The summed E-state index contributed by atoms with van der Waals surface area (Å²) in [5, 5.41) is 12.6. The second kappa shape index (κ2) is 17.1. The average Bonchev–Trinajstić information content (AvgIpc) is 3.63. The number of halogens is 2. The molecular weight excluding hydrogens is 787 g/mol. The first-order chi connectivity index (χ1) is 29.5. The minimum Gasteiger partial charge on any atom is -0.444 e. The summed E-state index contributed by atoms with van der Waals surface area (Å²) in [6.45, 7) is 4.55. The molecule has 0 spiro atoms. The second-order valence-corrected chi connectivity index (χ2v) is 17.5. The number of benzene rings is 1. The van der Waals surface area contributed by atoms with Crippen LogP contribution in [0.5, 0.6) is 0 Å². The summed E-state index contributed by atoms with van der Waals surface area (Å²) in [5.41, 5.74) is 2.95. The van der Waals surface area contributed by atoms with E-state index >= 15 is 0 Å². The molecule has 9 rings (SSSR count). The molecule has 6 heterocycles. The summed E-state index contributed by atoms with van der Waals surface area (Å²) in [5.74, 6) is -0.467. The summed E-state index contributed by atoms with van der Waals surface area (Å²) < 4.78 is 35.6. The third kappa shape index (κ3) is 8.67. The molecule has 2 saturated heterocycles. The molecule has 5 aliphatic rings. The van der Waals surface area contributed by atoms with E-state index in [0.29, 0.717) is 35.7 Å². The van der Waals surface area contributed by atoms with Gasteiger partial charge in [-0.2, -0.15) is 5.10 Å². The first-order valence-electron chi connectivity index (χ1n) is 21.5. The Morgan fingerprint density at radius 3 is 2.59 bits per heavy atom. The molecule has 4 aromatic rings. The monoisotopic (exact) mass is 838 g/mol. The molecule has 1 aromatic carbocycles. The number of aromatic nitrogens is 4. The molecule has 61 heavy (non-hydrogen) atoms. The Bertz CT molecular complexity index is 2300. The Balaban J connectivity index is 0.738. The maximum absolute atomic E-state index is 14.2. The van der Waals surface area contributed by atoms with Crippen LogP contribution in [0, 0.1) is 17.8 Å². The minimum absolute atomic E-state index is 0.0296. The van der Waals surface area contributed by atoms with Crippen molar-refractivity contribution in [1.29, 1.82) is 0 Å². The van der Waals surface area contributed by atoms with E-state index in [1.807, 2.05) is 12.1 Å². The number of nitrogens with one attached hydrogen (secondary N) is 3. The van der Waals surface area contributed by atoms with Gasteiger partial charge in [0.05, 0.1) is 29.3 Å². The lowest BCUT2D eigenvalue weighted by molar-refractivity contribution is -0.139. The number of alkyl halides is 2. The topological polar surface area (TPSA) is 171 Å². The molecular formula is C44H52F2N10O5. The van der Waals surface area contributed by atoms with Crippen LogP contribution in [0.2, 0.25) is 0 Å². The number of amides is 4. The Morgan fingerprint density at radius 1 is 1.05 bits per heavy atom. The lowest BCUT2D eigenvalue weighted by Gasteiger charge is -2.45. The van der Waals surface area contributed by atoms with Crippen molar-refractivity contribution in [3.63, 3.8) is 0 Å². The van der Waals surface area contributed by atoms with Crippen LogP contribution in [0.3, 0.4) is 0 Å².